The molecule has 0 bridgehead atoms. The van der Waals surface area contributed by atoms with E-state index in [1.54, 1.807) is 0 Å². The van der Waals surface area contributed by atoms with E-state index in [2.05, 4.69) is 10.6 Å². The second-order valence-electron chi connectivity index (χ2n) is 5.15. The lowest BCUT2D eigenvalue weighted by Gasteiger charge is -2.12. The molecule has 2 N–H and O–H groups in total. The van der Waals surface area contributed by atoms with Crippen molar-refractivity contribution in [2.24, 2.45) is 0 Å². The number of rotatable bonds is 3. The number of aryl methyl sites for hydroxylation is 2. The quantitative estimate of drug-likeness (QED) is 0.489. The van der Waals surface area contributed by atoms with Crippen molar-refractivity contribution in [3.05, 3.63) is 68.2 Å². The standard InChI is InChI=1S/C16H14ClN3O3S/c1-9-3-4-10(2)13(7-9)18-16(24)19-15(21)11-5-6-12(17)14(8-11)20(22)23/h3-8H,1-2H3,(H2,18,19,21,24). The number of carbonyl (C=O) groups excluding carboxylic acids is 1. The highest BCUT2D eigenvalue weighted by Gasteiger charge is 2.17. The molecule has 0 fully saturated rings. The highest BCUT2D eigenvalue weighted by Crippen LogP contribution is 2.25. The molecule has 24 heavy (non-hydrogen) atoms. The third-order valence-corrected chi connectivity index (χ3v) is 3.80. The molecule has 0 radical (unpaired) electrons. The number of nitro benzene ring substituents is 1. The largest absolute Gasteiger partial charge is 0.332 e. The molecule has 124 valence electrons. The summed E-state index contributed by atoms with van der Waals surface area (Å²) in [7, 11) is 0. The molecule has 2 aromatic rings. The highest BCUT2D eigenvalue weighted by molar-refractivity contribution is 7.80. The Morgan fingerprint density at radius 3 is 2.58 bits per heavy atom. The molecule has 6 nitrogen and oxygen atoms in total. The van der Waals surface area contributed by atoms with Crippen molar-refractivity contribution in [2.75, 3.05) is 5.32 Å². The van der Waals surface area contributed by atoms with E-state index in [9.17, 15) is 14.9 Å². The molecule has 0 aliphatic carbocycles. The van der Waals surface area contributed by atoms with Crippen LogP contribution in [0, 0.1) is 24.0 Å². The second-order valence-corrected chi connectivity index (χ2v) is 5.97. The third-order valence-electron chi connectivity index (χ3n) is 3.27. The summed E-state index contributed by atoms with van der Waals surface area (Å²) in [6.07, 6.45) is 0. The molecular weight excluding hydrogens is 350 g/mol. The van der Waals surface area contributed by atoms with Crippen molar-refractivity contribution in [3.63, 3.8) is 0 Å². The van der Waals surface area contributed by atoms with Gasteiger partial charge in [0.05, 0.1) is 4.92 Å². The van der Waals surface area contributed by atoms with Gasteiger partial charge in [0.25, 0.3) is 11.6 Å². The van der Waals surface area contributed by atoms with E-state index in [0.29, 0.717) is 0 Å². The maximum atomic E-state index is 12.2. The Kier molecular flexibility index (Phi) is 5.48. The van der Waals surface area contributed by atoms with E-state index in [1.807, 2.05) is 32.0 Å². The summed E-state index contributed by atoms with van der Waals surface area (Å²) in [5, 5.41) is 16.4. The van der Waals surface area contributed by atoms with Crippen molar-refractivity contribution < 1.29 is 9.72 Å². The van der Waals surface area contributed by atoms with E-state index in [0.717, 1.165) is 22.9 Å². The number of halogens is 1. The predicted octanol–water partition coefficient (Wildman–Crippen LogP) is 3.99. The van der Waals surface area contributed by atoms with Crippen LogP contribution in [0.2, 0.25) is 5.02 Å². The monoisotopic (exact) mass is 363 g/mol. The summed E-state index contributed by atoms with van der Waals surface area (Å²) >= 11 is 10.9. The van der Waals surface area contributed by atoms with E-state index >= 15 is 0 Å². The molecule has 2 rings (SSSR count). The Labute approximate surface area is 149 Å². The highest BCUT2D eigenvalue weighted by atomic mass is 35.5. The molecule has 0 heterocycles. The molecule has 0 aliphatic heterocycles. The topological polar surface area (TPSA) is 84.3 Å². The Morgan fingerprint density at radius 1 is 1.21 bits per heavy atom. The Balaban J connectivity index is 2.12. The summed E-state index contributed by atoms with van der Waals surface area (Å²) in [5.74, 6) is -0.558. The maximum Gasteiger partial charge on any atom is 0.288 e. The first-order valence-corrected chi connectivity index (χ1v) is 7.70. The van der Waals surface area contributed by atoms with Gasteiger partial charge in [-0.2, -0.15) is 0 Å². The number of carbonyl (C=O) groups is 1. The van der Waals surface area contributed by atoms with Gasteiger partial charge in [0.2, 0.25) is 0 Å². The van der Waals surface area contributed by atoms with Crippen LogP contribution in [0.5, 0.6) is 0 Å². The summed E-state index contributed by atoms with van der Waals surface area (Å²) in [4.78, 5) is 22.4. The molecule has 0 aliphatic rings. The molecule has 0 aromatic heterocycles. The summed E-state index contributed by atoms with van der Waals surface area (Å²) in [6, 6.07) is 9.61. The first kappa shape index (κ1) is 17.8. The van der Waals surface area contributed by atoms with Gasteiger partial charge >= 0.3 is 0 Å². The van der Waals surface area contributed by atoms with Crippen LogP contribution in [0.1, 0.15) is 21.5 Å². The van der Waals surface area contributed by atoms with E-state index in [4.69, 9.17) is 23.8 Å². The number of nitrogens with zero attached hydrogens (tertiary/aromatic N) is 1. The zero-order chi connectivity index (χ0) is 17.9. The Hall–Kier alpha value is -2.51. The van der Waals surface area contributed by atoms with Gasteiger partial charge in [0, 0.05) is 17.3 Å². The molecule has 0 unspecified atom stereocenters. The number of nitro groups is 1. The molecule has 1 amide bonds. The minimum atomic E-state index is -0.647. The fourth-order valence-corrected chi connectivity index (χ4v) is 2.38. The van der Waals surface area contributed by atoms with Gasteiger partial charge < -0.3 is 5.32 Å². The van der Waals surface area contributed by atoms with Crippen LogP contribution >= 0.6 is 23.8 Å². The number of amides is 1. The van der Waals surface area contributed by atoms with Crippen molar-refractivity contribution in [3.8, 4) is 0 Å². The number of anilines is 1. The van der Waals surface area contributed by atoms with Gasteiger partial charge in [-0.1, -0.05) is 23.7 Å². The maximum absolute atomic E-state index is 12.2. The van der Waals surface area contributed by atoms with Gasteiger partial charge in [-0.25, -0.2) is 0 Å². The summed E-state index contributed by atoms with van der Waals surface area (Å²) < 4.78 is 0. The summed E-state index contributed by atoms with van der Waals surface area (Å²) in [6.45, 7) is 3.86. The van der Waals surface area contributed by atoms with Crippen LogP contribution in [0.3, 0.4) is 0 Å². The van der Waals surface area contributed by atoms with Crippen LogP contribution in [0.15, 0.2) is 36.4 Å². The van der Waals surface area contributed by atoms with Gasteiger partial charge in [-0.15, -0.1) is 0 Å². The molecular formula is C16H14ClN3O3S. The van der Waals surface area contributed by atoms with Gasteiger partial charge in [0.15, 0.2) is 5.11 Å². The van der Waals surface area contributed by atoms with Gasteiger partial charge in [-0.3, -0.25) is 20.2 Å². The van der Waals surface area contributed by atoms with Crippen molar-refractivity contribution in [2.45, 2.75) is 13.8 Å². The number of thiocarbonyl (C=S) groups is 1. The summed E-state index contributed by atoms with van der Waals surface area (Å²) in [5.41, 5.74) is 2.56. The lowest BCUT2D eigenvalue weighted by molar-refractivity contribution is -0.384. The smallest absolute Gasteiger partial charge is 0.288 e. The van der Waals surface area contributed by atoms with Crippen molar-refractivity contribution >= 4 is 46.2 Å². The minimum absolute atomic E-state index is 0.0346. The normalized spacial score (nSPS) is 10.1. The van der Waals surface area contributed by atoms with Crippen LogP contribution in [-0.4, -0.2) is 15.9 Å². The van der Waals surface area contributed by atoms with Crippen molar-refractivity contribution in [1.82, 2.24) is 5.32 Å². The number of hydrogen-bond acceptors (Lipinski definition) is 4. The minimum Gasteiger partial charge on any atom is -0.332 e. The van der Waals surface area contributed by atoms with Crippen LogP contribution in [-0.2, 0) is 0 Å². The lowest BCUT2D eigenvalue weighted by Crippen LogP contribution is -2.34. The van der Waals surface area contributed by atoms with E-state index in [1.165, 1.54) is 12.1 Å². The first-order chi connectivity index (χ1) is 11.3. The van der Waals surface area contributed by atoms with E-state index in [-0.39, 0.29) is 21.4 Å². The molecule has 0 atom stereocenters. The average molecular weight is 364 g/mol. The zero-order valence-electron chi connectivity index (χ0n) is 12.9. The average Bonchev–Trinajstić information content (AvgIpc) is 2.50. The third kappa shape index (κ3) is 4.27. The van der Waals surface area contributed by atoms with Crippen molar-refractivity contribution in [1.29, 1.82) is 0 Å². The number of nitrogens with one attached hydrogen (secondary N) is 2. The predicted molar refractivity (Wildman–Crippen MR) is 97.7 cm³/mol. The number of benzene rings is 2. The molecule has 2 aromatic carbocycles. The SMILES string of the molecule is Cc1ccc(C)c(NC(=S)NC(=O)c2ccc(Cl)c([N+](=O)[O-])c2)c1. The fourth-order valence-electron chi connectivity index (χ4n) is 1.99. The molecule has 8 heteroatoms. The van der Waals surface area contributed by atoms with Gasteiger partial charge in [0.1, 0.15) is 5.02 Å². The van der Waals surface area contributed by atoms with Gasteiger partial charge in [-0.05, 0) is 55.4 Å². The van der Waals surface area contributed by atoms with Crippen LogP contribution in [0.25, 0.3) is 0 Å². The fraction of sp³-hybridized carbons (Fsp3) is 0.125. The Morgan fingerprint density at radius 2 is 1.92 bits per heavy atom. The lowest BCUT2D eigenvalue weighted by atomic mass is 10.1. The zero-order valence-corrected chi connectivity index (χ0v) is 14.5. The first-order valence-electron chi connectivity index (χ1n) is 6.91. The van der Waals surface area contributed by atoms with E-state index < -0.39 is 10.8 Å². The molecule has 0 saturated carbocycles. The van der Waals surface area contributed by atoms with Crippen LogP contribution in [0.4, 0.5) is 11.4 Å². The molecule has 0 spiro atoms. The number of hydrogen-bond donors (Lipinski definition) is 2. The second kappa shape index (κ2) is 7.37. The Bertz CT molecular complexity index is 839. The molecule has 0 saturated heterocycles. The van der Waals surface area contributed by atoms with Crippen LogP contribution < -0.4 is 10.6 Å².